The van der Waals surface area contributed by atoms with Gasteiger partial charge in [0, 0.05) is 0 Å². The summed E-state index contributed by atoms with van der Waals surface area (Å²) in [6.45, 7) is 0. The van der Waals surface area contributed by atoms with E-state index < -0.39 is 15.6 Å². The average Bonchev–Trinajstić information content (AvgIpc) is 2.57. The van der Waals surface area contributed by atoms with Gasteiger partial charge in [0.1, 0.15) is 16.5 Å². The number of H-pyrrole nitrogens is 1. The van der Waals surface area contributed by atoms with Gasteiger partial charge in [-0.25, -0.2) is 14.1 Å². The Morgan fingerprint density at radius 3 is 2.65 bits per heavy atom. The normalized spacial score (nSPS) is 15.2. The Kier molecular flexibility index (Phi) is 3.69. The van der Waals surface area contributed by atoms with Crippen LogP contribution < -0.4 is 10.4 Å². The Bertz CT molecular complexity index is 810. The van der Waals surface area contributed by atoms with E-state index in [1.165, 1.54) is 0 Å². The first kappa shape index (κ1) is 15.1. The van der Waals surface area contributed by atoms with Gasteiger partial charge < -0.3 is 25.1 Å². The predicted octanol–water partition coefficient (Wildman–Crippen LogP) is -0.291. The van der Waals surface area contributed by atoms with Crippen molar-refractivity contribution in [3.63, 3.8) is 0 Å². The Hall–Kier alpha value is -1.33. The van der Waals surface area contributed by atoms with Gasteiger partial charge >= 0.3 is 15.6 Å². The molecule has 12 nitrogen and oxygen atoms in total. The molecule has 0 aliphatic rings. The Balaban J connectivity index is 2.43. The molecule has 20 heavy (non-hydrogen) atoms. The molecule has 15 heteroatoms. The number of aromatic amines is 1. The molecule has 1 unspecified atom stereocenters. The monoisotopic (exact) mass is 343 g/mol. The van der Waals surface area contributed by atoms with Crippen molar-refractivity contribution < 1.29 is 32.7 Å². The maximum Gasteiger partial charge on any atom is 0.555 e. The van der Waals surface area contributed by atoms with Crippen molar-refractivity contribution in [1.82, 2.24) is 19.7 Å². The zero-order valence-electron chi connectivity index (χ0n) is 9.27. The van der Waals surface area contributed by atoms with Gasteiger partial charge in [-0.15, -0.1) is 4.73 Å². The van der Waals surface area contributed by atoms with Crippen LogP contribution in [0, 0.1) is 4.64 Å². The average molecular weight is 343 g/mol. The van der Waals surface area contributed by atoms with E-state index >= 15 is 0 Å². The minimum Gasteiger partial charge on any atom is -0.369 e. The second-order valence-corrected chi connectivity index (χ2v) is 6.46. The molecule has 2 aromatic heterocycles. The van der Waals surface area contributed by atoms with E-state index in [1.807, 2.05) is 0 Å². The topological polar surface area (TPSA) is 186 Å². The number of hydrogen-bond donors (Lipinski definition) is 5. The first-order valence-corrected chi connectivity index (χ1v) is 8.03. The third-order valence-electron chi connectivity index (χ3n) is 1.80. The highest BCUT2D eigenvalue weighted by atomic mass is 32.1. The molecule has 0 aliphatic carbocycles. The van der Waals surface area contributed by atoms with E-state index in [1.54, 1.807) is 0 Å². The van der Waals surface area contributed by atoms with Crippen molar-refractivity contribution in [2.75, 3.05) is 5.73 Å². The first-order chi connectivity index (χ1) is 9.07. The van der Waals surface area contributed by atoms with Gasteiger partial charge in [0.2, 0.25) is 11.6 Å². The third-order valence-corrected chi connectivity index (χ3v) is 4.15. The highest BCUT2D eigenvalue weighted by molar-refractivity contribution is 7.71. The molecule has 0 aromatic carbocycles. The summed E-state index contributed by atoms with van der Waals surface area (Å²) in [5.74, 6) is -0.114. The Morgan fingerprint density at radius 1 is 1.40 bits per heavy atom. The molecule has 0 radical (unpaired) electrons. The van der Waals surface area contributed by atoms with Crippen molar-refractivity contribution in [2.45, 2.75) is 0 Å². The number of nitrogens with one attached hydrogen (secondary N) is 1. The van der Waals surface area contributed by atoms with Gasteiger partial charge in [0.05, 0.1) is 0 Å². The molecule has 2 heterocycles. The summed E-state index contributed by atoms with van der Waals surface area (Å²) in [7, 11) is -10.3. The maximum absolute atomic E-state index is 11.4. The van der Waals surface area contributed by atoms with E-state index in [4.69, 9.17) is 27.7 Å². The molecule has 2 aromatic rings. The SMILES string of the molecule is Nc1nc2c(ncn2OP(=O)(O)OP(=O)(O)O)c(=S)[nH]1. The van der Waals surface area contributed by atoms with Crippen molar-refractivity contribution in [3.8, 4) is 0 Å². The quantitative estimate of drug-likeness (QED) is 0.362. The van der Waals surface area contributed by atoms with E-state index in [-0.39, 0.29) is 21.8 Å². The van der Waals surface area contributed by atoms with E-state index in [9.17, 15) is 14.0 Å². The van der Waals surface area contributed by atoms with Gasteiger partial charge in [0.15, 0.2) is 0 Å². The molecular weight excluding hydrogens is 336 g/mol. The summed E-state index contributed by atoms with van der Waals surface area (Å²) in [6.07, 6.45) is 0.909. The first-order valence-electron chi connectivity index (χ1n) is 4.60. The van der Waals surface area contributed by atoms with Crippen molar-refractivity contribution in [2.24, 2.45) is 0 Å². The van der Waals surface area contributed by atoms with Crippen molar-refractivity contribution in [1.29, 1.82) is 0 Å². The number of phosphoric acid groups is 2. The van der Waals surface area contributed by atoms with Gasteiger partial charge in [-0.05, 0) is 0 Å². The predicted molar refractivity (Wildman–Crippen MR) is 66.7 cm³/mol. The van der Waals surface area contributed by atoms with Crippen LogP contribution in [-0.4, -0.2) is 34.4 Å². The molecule has 110 valence electrons. The van der Waals surface area contributed by atoms with Crippen LogP contribution in [0.1, 0.15) is 0 Å². The number of rotatable bonds is 4. The fraction of sp³-hybridized carbons (Fsp3) is 0. The fourth-order valence-corrected chi connectivity index (χ4v) is 3.01. The zero-order chi connectivity index (χ0) is 15.1. The lowest BCUT2D eigenvalue weighted by atomic mass is 10.6. The second kappa shape index (κ2) is 4.90. The molecule has 2 rings (SSSR count). The van der Waals surface area contributed by atoms with Crippen LogP contribution in [0.4, 0.5) is 5.95 Å². The van der Waals surface area contributed by atoms with E-state index in [0.29, 0.717) is 4.73 Å². The number of aromatic nitrogens is 4. The van der Waals surface area contributed by atoms with Crippen LogP contribution in [-0.2, 0) is 13.4 Å². The summed E-state index contributed by atoms with van der Waals surface area (Å²) in [5, 5.41) is 0. The van der Waals surface area contributed by atoms with Crippen LogP contribution in [0.2, 0.25) is 0 Å². The van der Waals surface area contributed by atoms with Crippen molar-refractivity contribution in [3.05, 3.63) is 11.0 Å². The number of hydrogen-bond acceptors (Lipinski definition) is 8. The maximum atomic E-state index is 11.4. The number of nitrogens with two attached hydrogens (primary N) is 1. The molecule has 0 aliphatic heterocycles. The molecule has 1 atom stereocenters. The largest absolute Gasteiger partial charge is 0.555 e. The number of imidazole rings is 1. The lowest BCUT2D eigenvalue weighted by Gasteiger charge is -2.12. The Labute approximate surface area is 115 Å². The van der Waals surface area contributed by atoms with Gasteiger partial charge in [-0.1, -0.05) is 12.2 Å². The highest BCUT2D eigenvalue weighted by Crippen LogP contribution is 2.55. The van der Waals surface area contributed by atoms with Crippen LogP contribution in [0.25, 0.3) is 11.2 Å². The van der Waals surface area contributed by atoms with Gasteiger partial charge in [-0.2, -0.15) is 9.29 Å². The fourth-order valence-electron chi connectivity index (χ4n) is 1.23. The van der Waals surface area contributed by atoms with E-state index in [0.717, 1.165) is 6.33 Å². The molecular formula is C5H7N5O7P2S. The van der Waals surface area contributed by atoms with Crippen LogP contribution >= 0.6 is 27.9 Å². The van der Waals surface area contributed by atoms with Crippen LogP contribution in [0.5, 0.6) is 0 Å². The van der Waals surface area contributed by atoms with Crippen LogP contribution in [0.15, 0.2) is 6.33 Å². The number of nitrogen functional groups attached to an aromatic ring is 1. The molecule has 0 amide bonds. The lowest BCUT2D eigenvalue weighted by Crippen LogP contribution is -2.10. The molecule has 0 saturated heterocycles. The van der Waals surface area contributed by atoms with Gasteiger partial charge in [-0.3, -0.25) is 4.89 Å². The Morgan fingerprint density at radius 2 is 2.05 bits per heavy atom. The summed E-state index contributed by atoms with van der Waals surface area (Å²) in [4.78, 5) is 36.1. The molecule has 6 N–H and O–H groups in total. The minimum absolute atomic E-state index is 0.0959. The molecule has 0 saturated carbocycles. The smallest absolute Gasteiger partial charge is 0.369 e. The standard InChI is InChI=1S/C5H7N5O7P2S/c6-5-8-3-2(4(20)9-5)7-1-10(3)16-19(14,15)17-18(11,12)13/h1H,(H,14,15)(H2,11,12,13)(H3,6,8,9,20). The second-order valence-electron chi connectivity index (χ2n) is 3.32. The van der Waals surface area contributed by atoms with E-state index in [2.05, 4.69) is 23.9 Å². The number of anilines is 1. The zero-order valence-corrected chi connectivity index (χ0v) is 11.9. The van der Waals surface area contributed by atoms with Crippen molar-refractivity contribution >= 4 is 45.0 Å². The summed E-state index contributed by atoms with van der Waals surface area (Å²) in [5.41, 5.74) is 5.37. The minimum atomic E-state index is -5.23. The molecule has 0 bridgehead atoms. The molecule has 0 spiro atoms. The molecule has 0 fully saturated rings. The number of nitrogens with zero attached hydrogens (tertiary/aromatic N) is 3. The summed E-state index contributed by atoms with van der Waals surface area (Å²) in [6, 6.07) is 0. The van der Waals surface area contributed by atoms with Gasteiger partial charge in [0.25, 0.3) is 0 Å². The number of fused-ring (bicyclic) bond motifs is 1. The lowest BCUT2D eigenvalue weighted by molar-refractivity contribution is 0.168. The summed E-state index contributed by atoms with van der Waals surface area (Å²) >= 11 is 4.89. The third kappa shape index (κ3) is 3.41. The summed E-state index contributed by atoms with van der Waals surface area (Å²) < 4.78 is 30.6. The highest BCUT2D eigenvalue weighted by Gasteiger charge is 2.35. The van der Waals surface area contributed by atoms with Crippen LogP contribution in [0.3, 0.4) is 0 Å².